The average molecular weight is 422 g/mol. The number of benzene rings is 1. The number of carbonyl (C=O) groups is 1. The third kappa shape index (κ3) is 3.35. The first-order chi connectivity index (χ1) is 13.4. The smallest absolute Gasteiger partial charge is 0.408 e. The summed E-state index contributed by atoms with van der Waals surface area (Å²) in [5.74, 6) is 0.706. The molecule has 5 rings (SSSR count). The van der Waals surface area contributed by atoms with E-state index in [9.17, 15) is 4.79 Å². The molecule has 1 aromatic carbocycles. The highest BCUT2D eigenvalue weighted by atomic mass is 35.5. The quantitative estimate of drug-likeness (QED) is 0.630. The molecule has 3 saturated carbocycles. The monoisotopic (exact) mass is 421 g/mol. The van der Waals surface area contributed by atoms with Gasteiger partial charge in [0, 0.05) is 17.9 Å². The average Bonchev–Trinajstić information content (AvgIpc) is 3.00. The Morgan fingerprint density at radius 3 is 2.17 bits per heavy atom. The van der Waals surface area contributed by atoms with Crippen molar-refractivity contribution >= 4 is 17.7 Å². The van der Waals surface area contributed by atoms with Crippen molar-refractivity contribution in [3.8, 4) is 11.5 Å². The molecule has 0 radical (unpaired) electrons. The highest BCUT2D eigenvalue weighted by Crippen LogP contribution is 2.62. The lowest BCUT2D eigenvalue weighted by atomic mass is 9.54. The van der Waals surface area contributed by atoms with Crippen LogP contribution in [0, 0.1) is 19.3 Å². The zero-order valence-electron chi connectivity index (χ0n) is 18.3. The van der Waals surface area contributed by atoms with E-state index < -0.39 is 11.4 Å². The van der Waals surface area contributed by atoms with Crippen molar-refractivity contribution in [1.82, 2.24) is 5.32 Å². The van der Waals surface area contributed by atoms with Crippen molar-refractivity contribution in [2.75, 3.05) is 0 Å². The normalized spacial score (nSPS) is 32.9. The minimum absolute atomic E-state index is 0.0902. The van der Waals surface area contributed by atoms with Gasteiger partial charge in [-0.15, -0.1) is 0 Å². The Bertz CT molecular complexity index is 835. The molecule has 0 spiro atoms. The van der Waals surface area contributed by atoms with E-state index in [0.717, 1.165) is 55.4 Å². The van der Waals surface area contributed by atoms with Gasteiger partial charge >= 0.3 is 6.09 Å². The second-order valence-electron chi connectivity index (χ2n) is 10.3. The van der Waals surface area contributed by atoms with E-state index in [-0.39, 0.29) is 17.0 Å². The predicted octanol–water partition coefficient (Wildman–Crippen LogP) is 6.06. The highest BCUT2D eigenvalue weighted by molar-refractivity contribution is 6.32. The molecule has 1 N–H and O–H groups in total. The van der Waals surface area contributed by atoms with Crippen LogP contribution in [-0.4, -0.2) is 23.0 Å². The Hall–Kier alpha value is -1.62. The molecule has 3 aliphatic carbocycles. The van der Waals surface area contributed by atoms with Gasteiger partial charge in [-0.2, -0.15) is 0 Å². The Balaban J connectivity index is 1.51. The molecule has 5 nitrogen and oxygen atoms in total. The van der Waals surface area contributed by atoms with Gasteiger partial charge in [0.2, 0.25) is 0 Å². The number of fused-ring (bicyclic) bond motifs is 4. The molecule has 3 fully saturated rings. The number of halogens is 1. The fraction of sp³-hybridized carbons (Fsp3) is 0.696. The third-order valence-electron chi connectivity index (χ3n) is 7.27. The number of nitrogens with one attached hydrogen (secondary N) is 1. The van der Waals surface area contributed by atoms with E-state index in [1.54, 1.807) is 0 Å². The number of carbonyl (C=O) groups excluding carboxylic acids is 1. The molecule has 0 saturated heterocycles. The summed E-state index contributed by atoms with van der Waals surface area (Å²) < 4.78 is 18.4. The maximum atomic E-state index is 12.4. The van der Waals surface area contributed by atoms with E-state index in [0.29, 0.717) is 10.8 Å². The Morgan fingerprint density at radius 2 is 1.62 bits per heavy atom. The lowest BCUT2D eigenvalue weighted by Gasteiger charge is -2.57. The van der Waals surface area contributed by atoms with Crippen molar-refractivity contribution in [2.24, 2.45) is 5.41 Å². The van der Waals surface area contributed by atoms with Gasteiger partial charge in [0.15, 0.2) is 11.5 Å². The van der Waals surface area contributed by atoms with E-state index in [1.165, 1.54) is 0 Å². The second kappa shape index (κ2) is 6.44. The van der Waals surface area contributed by atoms with Crippen LogP contribution in [0.3, 0.4) is 0 Å². The van der Waals surface area contributed by atoms with Crippen LogP contribution in [0.25, 0.3) is 0 Å². The topological polar surface area (TPSA) is 56.8 Å². The first-order valence-corrected chi connectivity index (χ1v) is 10.9. The van der Waals surface area contributed by atoms with Crippen LogP contribution in [0.15, 0.2) is 6.07 Å². The van der Waals surface area contributed by atoms with Crippen LogP contribution in [0.2, 0.25) is 5.02 Å². The molecule has 1 atom stereocenters. The molecule has 6 heteroatoms. The summed E-state index contributed by atoms with van der Waals surface area (Å²) in [4.78, 5) is 12.4. The number of amides is 1. The Morgan fingerprint density at radius 1 is 1.07 bits per heavy atom. The van der Waals surface area contributed by atoms with Crippen molar-refractivity contribution in [3.05, 3.63) is 22.2 Å². The summed E-state index contributed by atoms with van der Waals surface area (Å²) in [7, 11) is 0. The number of aryl methyl sites for hydroxylation is 1. The summed E-state index contributed by atoms with van der Waals surface area (Å²) in [6.45, 7) is 11.8. The van der Waals surface area contributed by atoms with Crippen molar-refractivity contribution in [3.63, 3.8) is 0 Å². The maximum absolute atomic E-state index is 12.4. The van der Waals surface area contributed by atoms with E-state index in [1.807, 2.05) is 33.8 Å². The molecular formula is C23H32ClNO4. The summed E-state index contributed by atoms with van der Waals surface area (Å²) in [5, 5.41) is 3.78. The molecule has 29 heavy (non-hydrogen) atoms. The van der Waals surface area contributed by atoms with Crippen LogP contribution >= 0.6 is 11.6 Å². The minimum Gasteiger partial charge on any atom is -0.448 e. The molecule has 2 bridgehead atoms. The molecule has 1 aliphatic heterocycles. The van der Waals surface area contributed by atoms with E-state index in [4.69, 9.17) is 25.8 Å². The maximum Gasteiger partial charge on any atom is 0.408 e. The molecule has 1 heterocycles. The Kier molecular flexibility index (Phi) is 4.58. The minimum atomic E-state index is -0.740. The number of rotatable bonds is 2. The SMILES string of the molecule is Cc1cc(Cl)c2c(c1C)OC(C)(C13CCC(NC(=O)OC(C)(C)C)(CC1)CC3)O2. The van der Waals surface area contributed by atoms with Gasteiger partial charge in [0.05, 0.1) is 5.02 Å². The first kappa shape index (κ1) is 20.6. The zero-order chi connectivity index (χ0) is 21.2. The van der Waals surface area contributed by atoms with Gasteiger partial charge in [-0.1, -0.05) is 11.6 Å². The largest absolute Gasteiger partial charge is 0.448 e. The van der Waals surface area contributed by atoms with Gasteiger partial charge in [-0.3, -0.25) is 0 Å². The fourth-order valence-electron chi connectivity index (χ4n) is 5.24. The van der Waals surface area contributed by atoms with E-state index in [2.05, 4.69) is 19.2 Å². The summed E-state index contributed by atoms with van der Waals surface area (Å²) in [6, 6.07) is 1.94. The van der Waals surface area contributed by atoms with Crippen LogP contribution < -0.4 is 14.8 Å². The van der Waals surface area contributed by atoms with Crippen LogP contribution in [-0.2, 0) is 4.74 Å². The Labute approximate surface area is 178 Å². The van der Waals surface area contributed by atoms with Gasteiger partial charge in [0.1, 0.15) is 5.60 Å². The van der Waals surface area contributed by atoms with Crippen molar-refractivity contribution in [1.29, 1.82) is 0 Å². The van der Waals surface area contributed by atoms with Crippen LogP contribution in [0.4, 0.5) is 4.79 Å². The number of ether oxygens (including phenoxy) is 3. The molecule has 4 aliphatic rings. The van der Waals surface area contributed by atoms with Crippen LogP contribution in [0.1, 0.15) is 77.3 Å². The van der Waals surface area contributed by atoms with Gasteiger partial charge in [0.25, 0.3) is 5.79 Å². The van der Waals surface area contributed by atoms with Crippen molar-refractivity contribution < 1.29 is 19.0 Å². The van der Waals surface area contributed by atoms with Gasteiger partial charge in [-0.05, 0) is 90.3 Å². The molecule has 1 unspecified atom stereocenters. The zero-order valence-corrected chi connectivity index (χ0v) is 19.1. The fourth-order valence-corrected chi connectivity index (χ4v) is 5.53. The summed E-state index contributed by atoms with van der Waals surface area (Å²) in [5.41, 5.74) is 1.42. The van der Waals surface area contributed by atoms with Gasteiger partial charge in [-0.25, -0.2) is 4.79 Å². The lowest BCUT2D eigenvalue weighted by Crippen LogP contribution is -2.64. The van der Waals surface area contributed by atoms with Gasteiger partial charge < -0.3 is 19.5 Å². The number of hydrogen-bond donors (Lipinski definition) is 1. The summed E-state index contributed by atoms with van der Waals surface area (Å²) in [6.07, 6.45) is 5.18. The standard InChI is InChI=1S/C23H32ClNO4/c1-14-13-16(24)18-17(15(14)2)27-21(6,28-18)22-7-10-23(11-8-22,12-9-22)25-19(26)29-20(3,4)5/h13H,7-12H2,1-6H3,(H,25,26). The number of alkyl carbamates (subject to hydrolysis) is 1. The van der Waals surface area contributed by atoms with Crippen LogP contribution in [0.5, 0.6) is 11.5 Å². The first-order valence-electron chi connectivity index (χ1n) is 10.6. The van der Waals surface area contributed by atoms with Crippen molar-refractivity contribution in [2.45, 2.75) is 97.0 Å². The van der Waals surface area contributed by atoms with E-state index >= 15 is 0 Å². The number of hydrogen-bond acceptors (Lipinski definition) is 4. The highest BCUT2D eigenvalue weighted by Gasteiger charge is 2.62. The molecular weight excluding hydrogens is 390 g/mol. The molecule has 0 aromatic heterocycles. The third-order valence-corrected chi connectivity index (χ3v) is 7.55. The predicted molar refractivity (Wildman–Crippen MR) is 113 cm³/mol. The molecule has 1 amide bonds. The lowest BCUT2D eigenvalue weighted by molar-refractivity contribution is -0.203. The molecule has 1 aromatic rings. The summed E-state index contributed by atoms with van der Waals surface area (Å²) >= 11 is 6.48. The molecule has 160 valence electrons. The second-order valence-corrected chi connectivity index (χ2v) is 10.7.